The Morgan fingerprint density at radius 3 is 2.60 bits per heavy atom. The van der Waals surface area contributed by atoms with Crippen LogP contribution in [0.2, 0.25) is 0 Å². The van der Waals surface area contributed by atoms with Gasteiger partial charge in [0, 0.05) is 6.08 Å². The first-order valence-electron chi connectivity index (χ1n) is 7.82. The maximum atomic E-state index is 11.9. The minimum absolute atomic E-state index is 0.0514. The second kappa shape index (κ2) is 5.31. The summed E-state index contributed by atoms with van der Waals surface area (Å²) in [6.45, 7) is 1.73. The lowest BCUT2D eigenvalue weighted by Gasteiger charge is -2.31. The normalized spacial score (nSPS) is 21.1. The van der Waals surface area contributed by atoms with Crippen LogP contribution in [-0.2, 0) is 9.53 Å². The van der Waals surface area contributed by atoms with Crippen molar-refractivity contribution in [3.05, 3.63) is 71.8 Å². The van der Waals surface area contributed by atoms with Crippen LogP contribution in [-0.4, -0.2) is 11.6 Å². The molecular formula is C19H17N3O3. The summed E-state index contributed by atoms with van der Waals surface area (Å²) in [5.41, 5.74) is 13.0. The lowest BCUT2D eigenvalue weighted by atomic mass is 9.99. The Morgan fingerprint density at radius 1 is 1.12 bits per heavy atom. The Morgan fingerprint density at radius 2 is 1.88 bits per heavy atom. The molecule has 2 heterocycles. The molecule has 0 saturated carbocycles. The summed E-state index contributed by atoms with van der Waals surface area (Å²) in [7, 11) is 0. The molecule has 6 nitrogen and oxygen atoms in total. The molecule has 25 heavy (non-hydrogen) atoms. The van der Waals surface area contributed by atoms with Gasteiger partial charge >= 0.3 is 0 Å². The summed E-state index contributed by atoms with van der Waals surface area (Å²) in [5, 5.41) is 3.23. The van der Waals surface area contributed by atoms with Crippen molar-refractivity contribution in [2.75, 3.05) is 5.32 Å². The number of rotatable bonds is 2. The molecule has 0 bridgehead atoms. The molecule has 0 aromatic heterocycles. The number of hydrogen-bond acceptors (Lipinski definition) is 5. The van der Waals surface area contributed by atoms with Crippen LogP contribution in [0.3, 0.4) is 0 Å². The van der Waals surface area contributed by atoms with Gasteiger partial charge in [-0.15, -0.1) is 0 Å². The van der Waals surface area contributed by atoms with E-state index in [1.54, 1.807) is 13.0 Å². The number of ether oxygens (including phenoxy) is 2. The van der Waals surface area contributed by atoms with Crippen LogP contribution >= 0.6 is 0 Å². The molecule has 2 aromatic rings. The van der Waals surface area contributed by atoms with Crippen LogP contribution in [0.15, 0.2) is 71.8 Å². The summed E-state index contributed by atoms with van der Waals surface area (Å²) in [6.07, 6.45) is 1.66. The van der Waals surface area contributed by atoms with Crippen LogP contribution in [0.5, 0.6) is 5.75 Å². The maximum Gasteiger partial charge on any atom is 0.256 e. The van der Waals surface area contributed by atoms with Crippen LogP contribution in [0.1, 0.15) is 6.92 Å². The maximum absolute atomic E-state index is 11.9. The number of allylic oxidation sites excluding steroid dienone is 1. The van der Waals surface area contributed by atoms with Crippen molar-refractivity contribution < 1.29 is 14.3 Å². The van der Waals surface area contributed by atoms with Crippen molar-refractivity contribution >= 4 is 11.6 Å². The molecule has 6 heteroatoms. The van der Waals surface area contributed by atoms with E-state index in [1.807, 2.05) is 48.5 Å². The SMILES string of the molecule is CC1=C[C@@]2(Nc3cc(-c4ccccc4)ccc3O2)C(C(N)=O)=C(N)O1. The highest BCUT2D eigenvalue weighted by Crippen LogP contribution is 2.44. The molecule has 2 aliphatic heterocycles. The van der Waals surface area contributed by atoms with Crippen molar-refractivity contribution in [3.8, 4) is 16.9 Å². The van der Waals surface area contributed by atoms with Crippen molar-refractivity contribution in [1.29, 1.82) is 0 Å². The van der Waals surface area contributed by atoms with Gasteiger partial charge < -0.3 is 26.3 Å². The van der Waals surface area contributed by atoms with E-state index < -0.39 is 11.6 Å². The number of benzene rings is 2. The van der Waals surface area contributed by atoms with Crippen LogP contribution in [0, 0.1) is 0 Å². The Hall–Kier alpha value is -3.41. The average molecular weight is 335 g/mol. The first-order chi connectivity index (χ1) is 12.0. The fourth-order valence-corrected chi connectivity index (χ4v) is 3.20. The molecular weight excluding hydrogens is 318 g/mol. The number of anilines is 1. The van der Waals surface area contributed by atoms with E-state index in [1.165, 1.54) is 0 Å². The Labute approximate surface area is 144 Å². The van der Waals surface area contributed by atoms with Gasteiger partial charge in [-0.2, -0.15) is 0 Å². The number of nitrogens with two attached hydrogens (primary N) is 2. The van der Waals surface area contributed by atoms with Crippen molar-refractivity contribution in [2.45, 2.75) is 12.6 Å². The summed E-state index contributed by atoms with van der Waals surface area (Å²) in [6, 6.07) is 15.8. The third-order valence-electron chi connectivity index (χ3n) is 4.22. The molecule has 1 amide bonds. The molecule has 0 saturated heterocycles. The van der Waals surface area contributed by atoms with Gasteiger partial charge in [-0.25, -0.2) is 0 Å². The van der Waals surface area contributed by atoms with Gasteiger partial charge in [-0.1, -0.05) is 36.4 Å². The number of amides is 1. The fourth-order valence-electron chi connectivity index (χ4n) is 3.20. The zero-order valence-electron chi connectivity index (χ0n) is 13.6. The molecule has 1 spiro atoms. The van der Waals surface area contributed by atoms with E-state index in [0.717, 1.165) is 16.8 Å². The van der Waals surface area contributed by atoms with Gasteiger partial charge in [-0.3, -0.25) is 4.79 Å². The average Bonchev–Trinajstić information content (AvgIpc) is 2.90. The molecule has 4 rings (SSSR count). The highest BCUT2D eigenvalue weighted by Gasteiger charge is 2.48. The van der Waals surface area contributed by atoms with E-state index in [-0.39, 0.29) is 11.5 Å². The molecule has 0 fully saturated rings. The topological polar surface area (TPSA) is 99.6 Å². The number of primary amides is 1. The minimum Gasteiger partial charge on any atom is -0.457 e. The van der Waals surface area contributed by atoms with Gasteiger partial charge in [0.25, 0.3) is 5.91 Å². The summed E-state index contributed by atoms with van der Waals surface area (Å²) >= 11 is 0. The fraction of sp³-hybridized carbons (Fsp3) is 0.105. The Bertz CT molecular complexity index is 934. The summed E-state index contributed by atoms with van der Waals surface area (Å²) < 4.78 is 11.4. The molecule has 0 aliphatic carbocycles. The molecule has 5 N–H and O–H groups in total. The summed E-state index contributed by atoms with van der Waals surface area (Å²) in [4.78, 5) is 11.9. The van der Waals surface area contributed by atoms with Gasteiger partial charge in [0.15, 0.2) is 0 Å². The van der Waals surface area contributed by atoms with Gasteiger partial charge in [-0.05, 0) is 30.2 Å². The third-order valence-corrected chi connectivity index (χ3v) is 4.22. The lowest BCUT2D eigenvalue weighted by Crippen LogP contribution is -2.48. The Balaban J connectivity index is 1.78. The monoisotopic (exact) mass is 335 g/mol. The van der Waals surface area contributed by atoms with Crippen molar-refractivity contribution in [1.82, 2.24) is 0 Å². The zero-order valence-corrected chi connectivity index (χ0v) is 13.6. The minimum atomic E-state index is -1.25. The van der Waals surface area contributed by atoms with Gasteiger partial charge in [0.05, 0.1) is 5.69 Å². The van der Waals surface area contributed by atoms with E-state index in [9.17, 15) is 4.79 Å². The predicted octanol–water partition coefficient (Wildman–Crippen LogP) is 2.44. The quantitative estimate of drug-likeness (QED) is 0.783. The number of fused-ring (bicyclic) bond motifs is 1. The molecule has 2 aromatic carbocycles. The number of carbonyl (C=O) groups excluding carboxylic acids is 1. The number of carbonyl (C=O) groups is 1. The second-order valence-corrected chi connectivity index (χ2v) is 6.00. The zero-order chi connectivity index (χ0) is 17.6. The molecule has 126 valence electrons. The standard InChI is InChI=1S/C19H17N3O3/c1-11-10-19(16(17(20)23)18(21)24-11)22-14-9-13(7-8-15(14)25-19)12-5-3-2-4-6-12/h2-10,22H,21H2,1H3,(H2,20,23)/t19-/m0/s1. The molecule has 1 atom stereocenters. The van der Waals surface area contributed by atoms with E-state index in [2.05, 4.69) is 5.32 Å². The molecule has 0 radical (unpaired) electrons. The molecule has 0 unspecified atom stereocenters. The van der Waals surface area contributed by atoms with Crippen LogP contribution in [0.4, 0.5) is 5.69 Å². The van der Waals surface area contributed by atoms with Crippen LogP contribution < -0.4 is 21.5 Å². The highest BCUT2D eigenvalue weighted by molar-refractivity contribution is 5.97. The summed E-state index contributed by atoms with van der Waals surface area (Å²) in [5.74, 6) is 0.365. The second-order valence-electron chi connectivity index (χ2n) is 6.00. The van der Waals surface area contributed by atoms with Gasteiger partial charge in [0.1, 0.15) is 17.1 Å². The van der Waals surface area contributed by atoms with E-state index in [0.29, 0.717) is 11.5 Å². The van der Waals surface area contributed by atoms with Crippen molar-refractivity contribution in [3.63, 3.8) is 0 Å². The van der Waals surface area contributed by atoms with Crippen LogP contribution in [0.25, 0.3) is 11.1 Å². The smallest absolute Gasteiger partial charge is 0.256 e. The number of hydrogen-bond donors (Lipinski definition) is 3. The van der Waals surface area contributed by atoms with Crippen molar-refractivity contribution in [2.24, 2.45) is 11.5 Å². The lowest BCUT2D eigenvalue weighted by molar-refractivity contribution is -0.116. The highest BCUT2D eigenvalue weighted by atomic mass is 16.5. The number of nitrogens with one attached hydrogen (secondary N) is 1. The van der Waals surface area contributed by atoms with Gasteiger partial charge in [0.2, 0.25) is 11.6 Å². The van der Waals surface area contributed by atoms with E-state index >= 15 is 0 Å². The molecule has 2 aliphatic rings. The third kappa shape index (κ3) is 2.39. The van der Waals surface area contributed by atoms with E-state index in [4.69, 9.17) is 20.9 Å². The first-order valence-corrected chi connectivity index (χ1v) is 7.82. The predicted molar refractivity (Wildman–Crippen MR) is 94.1 cm³/mol. The largest absolute Gasteiger partial charge is 0.457 e. The Kier molecular flexibility index (Phi) is 3.21. The first kappa shape index (κ1) is 15.1.